The Balaban J connectivity index is 1.06. The number of nitrogens with one attached hydrogen (secondary N) is 1. The maximum Gasteiger partial charge on any atom is 0.213 e. The van der Waals surface area contributed by atoms with Gasteiger partial charge in [-0.3, -0.25) is 10.00 Å². The van der Waals surface area contributed by atoms with Crippen molar-refractivity contribution in [2.75, 3.05) is 20.2 Å². The van der Waals surface area contributed by atoms with E-state index in [2.05, 4.69) is 32.2 Å². The van der Waals surface area contributed by atoms with Crippen LogP contribution in [0, 0.1) is 34.5 Å². The van der Waals surface area contributed by atoms with E-state index in [4.69, 9.17) is 16.3 Å². The largest absolute Gasteiger partial charge is 0.481 e. The van der Waals surface area contributed by atoms with E-state index in [1.807, 2.05) is 18.2 Å². The van der Waals surface area contributed by atoms with Crippen molar-refractivity contribution in [2.24, 2.45) is 23.2 Å². The fourth-order valence-electron chi connectivity index (χ4n) is 7.87. The number of hydrogen-bond acceptors (Lipinski definition) is 5. The number of fused-ring (bicyclic) bond motifs is 2. The molecule has 0 amide bonds. The zero-order chi connectivity index (χ0) is 25.1. The number of likely N-dealkylation sites (tertiary alicyclic amines) is 1. The van der Waals surface area contributed by atoms with Crippen molar-refractivity contribution in [1.29, 1.82) is 5.26 Å². The lowest BCUT2D eigenvalue weighted by molar-refractivity contribution is 0.116. The minimum Gasteiger partial charge on any atom is -0.481 e. The van der Waals surface area contributed by atoms with Crippen LogP contribution in [0.5, 0.6) is 5.88 Å². The Bertz CT molecular complexity index is 1350. The van der Waals surface area contributed by atoms with Gasteiger partial charge in [0.1, 0.15) is 5.69 Å². The van der Waals surface area contributed by atoms with Crippen molar-refractivity contribution in [3.8, 4) is 23.2 Å². The minimum absolute atomic E-state index is 0.0000839. The molecule has 1 N–H and O–H groups in total. The molecule has 3 heterocycles. The summed E-state index contributed by atoms with van der Waals surface area (Å²) in [6.07, 6.45) is 11.4. The molecule has 1 saturated heterocycles. The molecule has 7 rings (SSSR count). The zero-order valence-corrected chi connectivity index (χ0v) is 22.2. The second-order valence-electron chi connectivity index (χ2n) is 12.0. The Hall–Kier alpha value is -2.62. The van der Waals surface area contributed by atoms with Crippen LogP contribution in [0.3, 0.4) is 0 Å². The Morgan fingerprint density at radius 3 is 2.54 bits per heavy atom. The van der Waals surface area contributed by atoms with Gasteiger partial charge >= 0.3 is 0 Å². The van der Waals surface area contributed by atoms with Gasteiger partial charge in [-0.1, -0.05) is 11.6 Å². The third-order valence-corrected chi connectivity index (χ3v) is 10.4. The van der Waals surface area contributed by atoms with Crippen molar-refractivity contribution >= 4 is 22.5 Å². The lowest BCUT2D eigenvalue weighted by Gasteiger charge is -2.39. The van der Waals surface area contributed by atoms with E-state index >= 15 is 0 Å². The number of ether oxygens (including phenoxy) is 1. The van der Waals surface area contributed by atoms with Crippen molar-refractivity contribution in [3.05, 3.63) is 41.0 Å². The summed E-state index contributed by atoms with van der Waals surface area (Å²) in [5, 5.41) is 19.6. The Kier molecular flexibility index (Phi) is 5.71. The zero-order valence-electron chi connectivity index (χ0n) is 21.4. The highest BCUT2D eigenvalue weighted by atomic mass is 35.5. The molecule has 0 bridgehead atoms. The molecule has 1 aliphatic heterocycles. The van der Waals surface area contributed by atoms with E-state index in [1.54, 1.807) is 13.3 Å². The lowest BCUT2D eigenvalue weighted by Crippen LogP contribution is -2.40. The van der Waals surface area contributed by atoms with Gasteiger partial charge in [0.2, 0.25) is 5.88 Å². The van der Waals surface area contributed by atoms with Gasteiger partial charge in [0.25, 0.3) is 0 Å². The molecule has 2 aromatic heterocycles. The van der Waals surface area contributed by atoms with E-state index < -0.39 is 0 Å². The van der Waals surface area contributed by atoms with Gasteiger partial charge in [-0.05, 0) is 98.8 Å². The molecule has 3 aliphatic carbocycles. The van der Waals surface area contributed by atoms with Crippen LogP contribution >= 0.6 is 11.6 Å². The van der Waals surface area contributed by atoms with Crippen molar-refractivity contribution in [2.45, 2.75) is 63.3 Å². The van der Waals surface area contributed by atoms with Crippen LogP contribution in [0.4, 0.5) is 0 Å². The highest BCUT2D eigenvalue weighted by Crippen LogP contribution is 2.55. The Morgan fingerprint density at radius 2 is 1.86 bits per heavy atom. The van der Waals surface area contributed by atoms with Crippen LogP contribution in [0.2, 0.25) is 5.02 Å². The number of aromatic amines is 1. The molecule has 0 radical (unpaired) electrons. The lowest BCUT2D eigenvalue weighted by atomic mass is 9.70. The molecule has 192 valence electrons. The molecule has 1 unspecified atom stereocenters. The molecule has 3 saturated carbocycles. The summed E-state index contributed by atoms with van der Waals surface area (Å²) in [5.74, 6) is 3.26. The normalized spacial score (nSPS) is 31.9. The molecule has 7 heteroatoms. The quantitative estimate of drug-likeness (QED) is 0.415. The van der Waals surface area contributed by atoms with Gasteiger partial charge in [-0.2, -0.15) is 10.4 Å². The second-order valence-corrected chi connectivity index (χ2v) is 12.4. The van der Waals surface area contributed by atoms with Gasteiger partial charge in [0.05, 0.1) is 24.1 Å². The highest BCUT2D eigenvalue weighted by molar-refractivity contribution is 6.32. The number of aromatic nitrogens is 3. The first-order valence-corrected chi connectivity index (χ1v) is 14.3. The van der Waals surface area contributed by atoms with Crippen molar-refractivity contribution in [3.63, 3.8) is 0 Å². The number of nitrogens with zero attached hydrogens (tertiary/aromatic N) is 4. The fraction of sp³-hybridized carbons (Fsp3) is 0.567. The first-order chi connectivity index (χ1) is 18.1. The van der Waals surface area contributed by atoms with E-state index in [0.717, 1.165) is 51.9 Å². The smallest absolute Gasteiger partial charge is 0.213 e. The average Bonchev–Trinajstić information content (AvgIpc) is 3.43. The van der Waals surface area contributed by atoms with Crippen molar-refractivity contribution in [1.82, 2.24) is 20.1 Å². The summed E-state index contributed by atoms with van der Waals surface area (Å²) in [5.41, 5.74) is 4.12. The molecule has 6 nitrogen and oxygen atoms in total. The summed E-state index contributed by atoms with van der Waals surface area (Å²) < 4.78 is 5.32. The number of methoxy groups -OCH3 is 1. The molecule has 4 aliphatic rings. The number of halogens is 1. The summed E-state index contributed by atoms with van der Waals surface area (Å²) in [7, 11) is 1.63. The molecule has 3 aromatic rings. The van der Waals surface area contributed by atoms with E-state index in [1.165, 1.54) is 57.2 Å². The maximum absolute atomic E-state index is 9.86. The molecule has 37 heavy (non-hydrogen) atoms. The van der Waals surface area contributed by atoms with E-state index in [0.29, 0.717) is 23.8 Å². The average molecular weight is 516 g/mol. The van der Waals surface area contributed by atoms with E-state index in [-0.39, 0.29) is 5.41 Å². The molecule has 0 spiro atoms. The van der Waals surface area contributed by atoms with Gasteiger partial charge in [0.15, 0.2) is 0 Å². The summed E-state index contributed by atoms with van der Waals surface area (Å²) in [6.45, 7) is 2.42. The van der Waals surface area contributed by atoms with Gasteiger partial charge in [-0.25, -0.2) is 4.98 Å². The predicted molar refractivity (Wildman–Crippen MR) is 144 cm³/mol. The van der Waals surface area contributed by atoms with Crippen molar-refractivity contribution < 1.29 is 4.74 Å². The highest BCUT2D eigenvalue weighted by Gasteiger charge is 2.50. The van der Waals surface area contributed by atoms with Crippen LogP contribution in [0.1, 0.15) is 62.8 Å². The van der Waals surface area contributed by atoms with Crippen LogP contribution in [0.25, 0.3) is 22.2 Å². The summed E-state index contributed by atoms with van der Waals surface area (Å²) >= 11 is 6.85. The topological polar surface area (TPSA) is 77.8 Å². The molecule has 1 aromatic carbocycles. The Labute approximate surface area is 223 Å². The maximum atomic E-state index is 9.86. The fourth-order valence-corrected chi connectivity index (χ4v) is 8.19. The van der Waals surface area contributed by atoms with Crippen LogP contribution in [-0.2, 0) is 0 Å². The predicted octanol–water partition coefficient (Wildman–Crippen LogP) is 6.57. The summed E-state index contributed by atoms with van der Waals surface area (Å²) in [6, 6.07) is 11.6. The van der Waals surface area contributed by atoms with Crippen LogP contribution in [0.15, 0.2) is 30.5 Å². The minimum atomic E-state index is -0.0000839. The number of pyridine rings is 1. The molecule has 4 fully saturated rings. The number of benzene rings is 1. The second kappa shape index (κ2) is 8.99. The third-order valence-electron chi connectivity index (χ3n) is 10.1. The number of H-pyrrole nitrogens is 1. The molecule has 3 atom stereocenters. The SMILES string of the molecule is COc1cc(-c2n[nH]c3cc(Cl)c(C4C[C@@H]5CN(C6CCC(C#N)(C7CC7)CC6)C[C@@H]5C4)cc23)ccn1. The first kappa shape index (κ1) is 23.5. The Morgan fingerprint density at radius 1 is 1.11 bits per heavy atom. The molecular weight excluding hydrogens is 482 g/mol. The molecular formula is C30H34ClN5O. The van der Waals surface area contributed by atoms with Gasteiger partial charge in [0, 0.05) is 47.4 Å². The standard InChI is InChI=1S/C30H34ClN5O/c1-37-28-12-18(6-9-33-28)29-25-13-24(26(31)14-27(25)34-35-29)19-10-20-15-36(16-21(20)11-19)23-4-7-30(17-32,8-5-23)22-2-3-22/h6,9,12-14,19-23H,2-5,7-8,10-11,15-16H2,1H3,(H,34,35)/t19?,20-,21+,23?,30?. The monoisotopic (exact) mass is 515 g/mol. The number of nitriles is 1. The van der Waals surface area contributed by atoms with Crippen LogP contribution < -0.4 is 4.74 Å². The third kappa shape index (κ3) is 4.02. The van der Waals surface area contributed by atoms with Crippen LogP contribution in [-0.4, -0.2) is 46.3 Å². The number of hydrogen-bond donors (Lipinski definition) is 1. The van der Waals surface area contributed by atoms with Gasteiger partial charge < -0.3 is 4.74 Å². The van der Waals surface area contributed by atoms with E-state index in [9.17, 15) is 5.26 Å². The van der Waals surface area contributed by atoms with Gasteiger partial charge in [-0.15, -0.1) is 0 Å². The number of rotatable bonds is 5. The first-order valence-electron chi connectivity index (χ1n) is 13.9. The summed E-state index contributed by atoms with van der Waals surface area (Å²) in [4.78, 5) is 7.01.